The molecule has 184 valence electrons. The summed E-state index contributed by atoms with van der Waals surface area (Å²) >= 11 is 0. The zero-order chi connectivity index (χ0) is 25.5. The van der Waals surface area contributed by atoms with Gasteiger partial charge in [-0.2, -0.15) is 0 Å². The van der Waals surface area contributed by atoms with E-state index in [0.29, 0.717) is 19.4 Å². The van der Waals surface area contributed by atoms with E-state index in [1.165, 1.54) is 0 Å². The van der Waals surface area contributed by atoms with Crippen LogP contribution < -0.4 is 10.2 Å². The summed E-state index contributed by atoms with van der Waals surface area (Å²) in [7, 11) is 2.04. The summed E-state index contributed by atoms with van der Waals surface area (Å²) in [5.41, 5.74) is 4.85. The maximum atomic E-state index is 13.4. The lowest BCUT2D eigenvalue weighted by Crippen LogP contribution is -2.21. The SMILES string of the molecule is CC(C(=O)Nc1cc(CN(C)c2ccccc2)ccc1CCCC(=O)O)c1cccc2ccccc12. The van der Waals surface area contributed by atoms with Crippen LogP contribution >= 0.6 is 0 Å². The van der Waals surface area contributed by atoms with Crippen LogP contribution in [0.15, 0.2) is 91.0 Å². The Hall–Kier alpha value is -4.12. The number of para-hydroxylation sites is 1. The van der Waals surface area contributed by atoms with Crippen molar-refractivity contribution in [1.29, 1.82) is 0 Å². The molecular weight excluding hydrogens is 448 g/mol. The fourth-order valence-corrected chi connectivity index (χ4v) is 4.54. The molecule has 4 aromatic rings. The molecule has 0 radical (unpaired) electrons. The molecule has 1 atom stereocenters. The Kier molecular flexibility index (Phi) is 8.01. The van der Waals surface area contributed by atoms with Crippen LogP contribution in [0.1, 0.15) is 42.4 Å². The van der Waals surface area contributed by atoms with Gasteiger partial charge in [0.2, 0.25) is 5.91 Å². The number of amides is 1. The summed E-state index contributed by atoms with van der Waals surface area (Å²) < 4.78 is 0. The Morgan fingerprint density at radius 3 is 2.42 bits per heavy atom. The Labute approximate surface area is 212 Å². The Balaban J connectivity index is 1.58. The molecule has 0 heterocycles. The smallest absolute Gasteiger partial charge is 0.303 e. The van der Waals surface area contributed by atoms with Gasteiger partial charge in [-0.3, -0.25) is 9.59 Å². The lowest BCUT2D eigenvalue weighted by atomic mass is 9.94. The number of aliphatic carboxylic acids is 1. The Morgan fingerprint density at radius 1 is 0.917 bits per heavy atom. The van der Waals surface area contributed by atoms with Gasteiger partial charge >= 0.3 is 5.97 Å². The molecule has 0 aromatic heterocycles. The average Bonchev–Trinajstić information content (AvgIpc) is 2.89. The van der Waals surface area contributed by atoms with Crippen LogP contribution in [-0.2, 0) is 22.6 Å². The molecule has 1 unspecified atom stereocenters. The molecule has 0 fully saturated rings. The third-order valence-electron chi connectivity index (χ3n) is 6.57. The van der Waals surface area contributed by atoms with E-state index in [1.54, 1.807) is 0 Å². The first-order chi connectivity index (χ1) is 17.4. The van der Waals surface area contributed by atoms with Crippen LogP contribution in [0, 0.1) is 0 Å². The second kappa shape index (κ2) is 11.5. The predicted molar refractivity (Wildman–Crippen MR) is 147 cm³/mol. The summed E-state index contributed by atoms with van der Waals surface area (Å²) in [6.07, 6.45) is 1.19. The monoisotopic (exact) mass is 480 g/mol. The van der Waals surface area contributed by atoms with Gasteiger partial charge in [0.15, 0.2) is 0 Å². The highest BCUT2D eigenvalue weighted by Crippen LogP contribution is 2.28. The van der Waals surface area contributed by atoms with Gasteiger partial charge in [-0.1, -0.05) is 72.8 Å². The van der Waals surface area contributed by atoms with Crippen LogP contribution in [0.25, 0.3) is 10.8 Å². The molecular formula is C31H32N2O3. The molecule has 0 aliphatic rings. The molecule has 5 heteroatoms. The van der Waals surface area contributed by atoms with Gasteiger partial charge in [0.05, 0.1) is 5.92 Å². The van der Waals surface area contributed by atoms with Crippen molar-refractivity contribution < 1.29 is 14.7 Å². The van der Waals surface area contributed by atoms with E-state index in [1.807, 2.05) is 74.6 Å². The molecule has 36 heavy (non-hydrogen) atoms. The van der Waals surface area contributed by atoms with Crippen LogP contribution in [-0.4, -0.2) is 24.0 Å². The fourth-order valence-electron chi connectivity index (χ4n) is 4.54. The molecule has 0 aliphatic carbocycles. The highest BCUT2D eigenvalue weighted by molar-refractivity contribution is 5.99. The van der Waals surface area contributed by atoms with Gasteiger partial charge in [0.1, 0.15) is 0 Å². The third-order valence-corrected chi connectivity index (χ3v) is 6.57. The highest BCUT2D eigenvalue weighted by Gasteiger charge is 2.19. The zero-order valence-corrected chi connectivity index (χ0v) is 20.8. The molecule has 0 bridgehead atoms. The number of hydrogen-bond acceptors (Lipinski definition) is 3. The maximum Gasteiger partial charge on any atom is 0.303 e. The van der Waals surface area contributed by atoms with E-state index >= 15 is 0 Å². The van der Waals surface area contributed by atoms with E-state index in [0.717, 1.165) is 38.8 Å². The lowest BCUT2D eigenvalue weighted by molar-refractivity contribution is -0.137. The number of benzene rings is 4. The molecule has 0 saturated carbocycles. The minimum atomic E-state index is -0.814. The van der Waals surface area contributed by atoms with Gasteiger partial charge < -0.3 is 15.3 Å². The molecule has 0 spiro atoms. The lowest BCUT2D eigenvalue weighted by Gasteiger charge is -2.21. The number of carboxylic acids is 1. The van der Waals surface area contributed by atoms with Crippen LogP contribution in [0.4, 0.5) is 11.4 Å². The minimum Gasteiger partial charge on any atom is -0.481 e. The summed E-state index contributed by atoms with van der Waals surface area (Å²) in [4.78, 5) is 26.6. The van der Waals surface area contributed by atoms with Crippen molar-refractivity contribution in [3.8, 4) is 0 Å². The van der Waals surface area contributed by atoms with Gasteiger partial charge in [-0.05, 0) is 65.4 Å². The second-order valence-corrected chi connectivity index (χ2v) is 9.21. The van der Waals surface area contributed by atoms with Crippen molar-refractivity contribution in [3.63, 3.8) is 0 Å². The predicted octanol–water partition coefficient (Wildman–Crippen LogP) is 6.63. The summed E-state index contributed by atoms with van der Waals surface area (Å²) in [6.45, 7) is 2.61. The van der Waals surface area contributed by atoms with E-state index in [-0.39, 0.29) is 18.2 Å². The normalized spacial score (nSPS) is 11.7. The first-order valence-electron chi connectivity index (χ1n) is 12.3. The number of nitrogens with zero attached hydrogens (tertiary/aromatic N) is 1. The number of aryl methyl sites for hydroxylation is 1. The Bertz CT molecular complexity index is 1350. The van der Waals surface area contributed by atoms with E-state index in [9.17, 15) is 9.59 Å². The van der Waals surface area contributed by atoms with Crippen LogP contribution in [0.2, 0.25) is 0 Å². The van der Waals surface area contributed by atoms with Crippen molar-refractivity contribution >= 4 is 34.0 Å². The van der Waals surface area contributed by atoms with E-state index < -0.39 is 5.97 Å². The van der Waals surface area contributed by atoms with Crippen molar-refractivity contribution in [1.82, 2.24) is 0 Å². The Morgan fingerprint density at radius 2 is 1.64 bits per heavy atom. The first-order valence-corrected chi connectivity index (χ1v) is 12.3. The number of carboxylic acid groups (broad SMARTS) is 1. The maximum absolute atomic E-state index is 13.4. The number of nitrogens with one attached hydrogen (secondary N) is 1. The topological polar surface area (TPSA) is 69.6 Å². The van der Waals surface area contributed by atoms with Crippen LogP contribution in [0.5, 0.6) is 0 Å². The van der Waals surface area contributed by atoms with Gasteiger partial charge in [0, 0.05) is 31.4 Å². The van der Waals surface area contributed by atoms with Crippen molar-refractivity contribution in [2.24, 2.45) is 0 Å². The number of carbonyl (C=O) groups is 2. The fraction of sp³-hybridized carbons (Fsp3) is 0.226. The number of fused-ring (bicyclic) bond motifs is 1. The van der Waals surface area contributed by atoms with Crippen molar-refractivity contribution in [2.45, 2.75) is 38.6 Å². The van der Waals surface area contributed by atoms with E-state index in [2.05, 4.69) is 40.5 Å². The van der Waals surface area contributed by atoms with Crippen LogP contribution in [0.3, 0.4) is 0 Å². The molecule has 0 saturated heterocycles. The summed E-state index contributed by atoms with van der Waals surface area (Å²) in [5, 5.41) is 14.4. The second-order valence-electron chi connectivity index (χ2n) is 9.21. The van der Waals surface area contributed by atoms with E-state index in [4.69, 9.17) is 5.11 Å². The first kappa shape index (κ1) is 25.0. The number of hydrogen-bond donors (Lipinski definition) is 2. The molecule has 1 amide bonds. The van der Waals surface area contributed by atoms with Gasteiger partial charge in [0.25, 0.3) is 0 Å². The zero-order valence-electron chi connectivity index (χ0n) is 20.8. The largest absolute Gasteiger partial charge is 0.481 e. The van der Waals surface area contributed by atoms with Crippen molar-refractivity contribution in [3.05, 3.63) is 108 Å². The summed E-state index contributed by atoms with van der Waals surface area (Å²) in [6, 6.07) is 30.4. The van der Waals surface area contributed by atoms with Gasteiger partial charge in [-0.15, -0.1) is 0 Å². The summed E-state index contributed by atoms with van der Waals surface area (Å²) in [5.74, 6) is -1.25. The molecule has 5 nitrogen and oxygen atoms in total. The quantitative estimate of drug-likeness (QED) is 0.267. The van der Waals surface area contributed by atoms with Gasteiger partial charge in [-0.25, -0.2) is 0 Å². The average molecular weight is 481 g/mol. The standard InChI is InChI=1S/C31H32N2O3/c1-22(27-16-8-11-24-10-6-7-15-28(24)27)31(36)32-29-20-23(18-19-25(29)12-9-17-30(34)35)21-33(2)26-13-4-3-5-14-26/h3-8,10-11,13-16,18-20,22H,9,12,17,21H2,1-2H3,(H,32,36)(H,34,35). The number of anilines is 2. The highest BCUT2D eigenvalue weighted by atomic mass is 16.4. The number of rotatable bonds is 10. The molecule has 0 aliphatic heterocycles. The minimum absolute atomic E-state index is 0.0839. The van der Waals surface area contributed by atoms with Crippen molar-refractivity contribution in [2.75, 3.05) is 17.3 Å². The number of carbonyl (C=O) groups excluding carboxylic acids is 1. The molecule has 4 aromatic carbocycles. The third kappa shape index (κ3) is 6.11. The molecule has 4 rings (SSSR count). The molecule has 2 N–H and O–H groups in total.